The average molecular weight is 290 g/mol. The summed E-state index contributed by atoms with van der Waals surface area (Å²) in [6, 6.07) is 1.48. The minimum atomic E-state index is -0.925. The van der Waals surface area contributed by atoms with Crippen molar-refractivity contribution in [2.75, 3.05) is 0 Å². The molecule has 2 heterocycles. The molecule has 3 aliphatic rings. The Morgan fingerprint density at radius 3 is 2.71 bits per heavy atom. The maximum Gasteiger partial charge on any atom is 0.335 e. The van der Waals surface area contributed by atoms with E-state index in [1.54, 1.807) is 0 Å². The van der Waals surface area contributed by atoms with Crippen LogP contribution < -0.4 is 5.63 Å². The molecule has 21 heavy (non-hydrogen) atoms. The molecule has 2 aliphatic carbocycles. The van der Waals surface area contributed by atoms with E-state index in [9.17, 15) is 14.7 Å². The molecule has 1 aliphatic heterocycles. The third kappa shape index (κ3) is 1.40. The van der Waals surface area contributed by atoms with Gasteiger partial charge in [0.1, 0.15) is 18.5 Å². The highest BCUT2D eigenvalue weighted by molar-refractivity contribution is 5.80. The number of hydrogen-bond acceptors (Lipinski definition) is 5. The van der Waals surface area contributed by atoms with E-state index >= 15 is 0 Å². The molecule has 1 saturated carbocycles. The van der Waals surface area contributed by atoms with Crippen molar-refractivity contribution < 1.29 is 19.1 Å². The third-order valence-electron chi connectivity index (χ3n) is 5.92. The zero-order valence-corrected chi connectivity index (χ0v) is 12.1. The Kier molecular flexibility index (Phi) is 2.35. The van der Waals surface area contributed by atoms with Gasteiger partial charge >= 0.3 is 11.6 Å². The molecule has 5 nitrogen and oxygen atoms in total. The van der Waals surface area contributed by atoms with E-state index in [0.29, 0.717) is 5.56 Å². The summed E-state index contributed by atoms with van der Waals surface area (Å²) < 4.78 is 10.5. The first kappa shape index (κ1) is 13.1. The number of hydrogen-bond donors (Lipinski definition) is 1. The van der Waals surface area contributed by atoms with Crippen molar-refractivity contribution in [3.63, 3.8) is 0 Å². The van der Waals surface area contributed by atoms with E-state index in [0.717, 1.165) is 24.8 Å². The Morgan fingerprint density at radius 1 is 1.24 bits per heavy atom. The van der Waals surface area contributed by atoms with E-state index in [2.05, 4.69) is 6.92 Å². The average Bonchev–Trinajstić information content (AvgIpc) is 2.71. The number of rotatable bonds is 0. The molecule has 1 saturated heterocycles. The molecule has 0 amide bonds. The van der Waals surface area contributed by atoms with Crippen LogP contribution >= 0.6 is 0 Å². The van der Waals surface area contributed by atoms with Crippen LogP contribution in [0.5, 0.6) is 0 Å². The molecular weight excluding hydrogens is 272 g/mol. The lowest BCUT2D eigenvalue weighted by Crippen LogP contribution is -2.53. The van der Waals surface area contributed by atoms with Crippen molar-refractivity contribution in [1.29, 1.82) is 0 Å². The van der Waals surface area contributed by atoms with Gasteiger partial charge in [0.05, 0.1) is 5.41 Å². The number of esters is 1. The summed E-state index contributed by atoms with van der Waals surface area (Å²) in [5.74, 6) is -0.329. The minimum Gasteiger partial charge on any atom is -0.458 e. The number of fused-ring (bicyclic) bond motifs is 2. The van der Waals surface area contributed by atoms with E-state index < -0.39 is 23.2 Å². The van der Waals surface area contributed by atoms with Gasteiger partial charge in [-0.25, -0.2) is 4.79 Å². The summed E-state index contributed by atoms with van der Waals surface area (Å²) in [4.78, 5) is 24.0. The SMILES string of the molecule is C[C@@]12CCC[C@]3(C)c4cc(=O)occ4[C@H](O)[C@@H](OC1=O)[C@@H]23. The van der Waals surface area contributed by atoms with Gasteiger partial charge in [-0.05, 0) is 25.3 Å². The van der Waals surface area contributed by atoms with Crippen molar-refractivity contribution in [2.24, 2.45) is 11.3 Å². The molecule has 1 aromatic rings. The zero-order chi connectivity index (χ0) is 15.0. The smallest absolute Gasteiger partial charge is 0.335 e. The Hall–Kier alpha value is -1.62. The highest BCUT2D eigenvalue weighted by atomic mass is 16.6. The van der Waals surface area contributed by atoms with Crippen molar-refractivity contribution in [1.82, 2.24) is 0 Å². The summed E-state index contributed by atoms with van der Waals surface area (Å²) in [5, 5.41) is 10.6. The minimum absolute atomic E-state index is 0.101. The van der Waals surface area contributed by atoms with Crippen molar-refractivity contribution in [3.8, 4) is 0 Å². The van der Waals surface area contributed by atoms with Gasteiger partial charge in [0.15, 0.2) is 0 Å². The first-order valence-corrected chi connectivity index (χ1v) is 7.40. The number of aliphatic hydroxyl groups excluding tert-OH is 1. The second kappa shape index (κ2) is 3.77. The van der Waals surface area contributed by atoms with Crippen LogP contribution in [0.1, 0.15) is 50.3 Å². The van der Waals surface area contributed by atoms with Crippen molar-refractivity contribution in [2.45, 2.75) is 50.7 Å². The molecule has 5 atom stereocenters. The summed E-state index contributed by atoms with van der Waals surface area (Å²) in [5.41, 5.74) is 0.0629. The first-order valence-electron chi connectivity index (χ1n) is 7.40. The fourth-order valence-corrected chi connectivity index (χ4v) is 4.99. The topological polar surface area (TPSA) is 76.7 Å². The van der Waals surface area contributed by atoms with Crippen molar-refractivity contribution >= 4 is 5.97 Å². The Balaban J connectivity index is 2.01. The van der Waals surface area contributed by atoms with Gasteiger partial charge in [-0.1, -0.05) is 13.3 Å². The fourth-order valence-electron chi connectivity index (χ4n) is 4.99. The predicted molar refractivity (Wildman–Crippen MR) is 72.6 cm³/mol. The third-order valence-corrected chi connectivity index (χ3v) is 5.92. The van der Waals surface area contributed by atoms with E-state index in [1.165, 1.54) is 12.3 Å². The van der Waals surface area contributed by atoms with Gasteiger partial charge in [-0.3, -0.25) is 4.79 Å². The number of carbonyl (C=O) groups is 1. The second-order valence-electron chi connectivity index (χ2n) is 7.05. The lowest BCUT2D eigenvalue weighted by molar-refractivity contribution is -0.151. The Bertz CT molecular complexity index is 692. The van der Waals surface area contributed by atoms with Crippen LogP contribution in [0.25, 0.3) is 0 Å². The molecule has 1 N–H and O–H groups in total. The molecule has 4 rings (SSSR count). The highest BCUT2D eigenvalue weighted by Gasteiger charge is 2.67. The summed E-state index contributed by atoms with van der Waals surface area (Å²) in [6.45, 7) is 4.01. The number of aliphatic hydroxyl groups is 1. The van der Waals surface area contributed by atoms with Crippen LogP contribution in [-0.2, 0) is 14.9 Å². The van der Waals surface area contributed by atoms with E-state index in [-0.39, 0.29) is 17.3 Å². The monoisotopic (exact) mass is 290 g/mol. The summed E-state index contributed by atoms with van der Waals surface area (Å²) in [7, 11) is 0. The van der Waals surface area contributed by atoms with Gasteiger partial charge in [0, 0.05) is 23.0 Å². The molecule has 0 bridgehead atoms. The standard InChI is InChI=1S/C16H18O5/c1-15-4-3-5-16(2)13(15)12(21-14(16)19)11(18)8-7-20-10(17)6-9(8)15/h6-7,11-13,18H,3-5H2,1-2H3/t11-,12+,13+,15+,16-/m0/s1. The van der Waals surface area contributed by atoms with Gasteiger partial charge in [0.2, 0.25) is 0 Å². The normalized spacial score (nSPS) is 44.0. The largest absolute Gasteiger partial charge is 0.458 e. The van der Waals surface area contributed by atoms with Gasteiger partial charge < -0.3 is 14.3 Å². The van der Waals surface area contributed by atoms with Crippen LogP contribution in [-0.4, -0.2) is 17.2 Å². The lowest BCUT2D eigenvalue weighted by atomic mass is 9.50. The van der Waals surface area contributed by atoms with Crippen LogP contribution in [0, 0.1) is 11.3 Å². The summed E-state index contributed by atoms with van der Waals surface area (Å²) >= 11 is 0. The summed E-state index contributed by atoms with van der Waals surface area (Å²) in [6.07, 6.45) is 2.40. The number of ether oxygens (including phenoxy) is 1. The maximum absolute atomic E-state index is 12.4. The van der Waals surface area contributed by atoms with E-state index in [1.807, 2.05) is 6.92 Å². The zero-order valence-electron chi connectivity index (χ0n) is 12.1. The van der Waals surface area contributed by atoms with Crippen LogP contribution in [0.15, 0.2) is 21.5 Å². The molecule has 2 fully saturated rings. The second-order valence-corrected chi connectivity index (χ2v) is 7.05. The quantitative estimate of drug-likeness (QED) is 0.736. The van der Waals surface area contributed by atoms with Gasteiger partial charge in [-0.2, -0.15) is 0 Å². The number of carbonyl (C=O) groups excluding carboxylic acids is 1. The molecule has 0 unspecified atom stereocenters. The molecular formula is C16H18O5. The van der Waals surface area contributed by atoms with Gasteiger partial charge in [0.25, 0.3) is 0 Å². The fraction of sp³-hybridized carbons (Fsp3) is 0.625. The van der Waals surface area contributed by atoms with Gasteiger partial charge in [-0.15, -0.1) is 0 Å². The predicted octanol–water partition coefficient (Wildman–Crippen LogP) is 1.68. The molecule has 112 valence electrons. The Labute approximate surface area is 121 Å². The van der Waals surface area contributed by atoms with Crippen LogP contribution in [0.3, 0.4) is 0 Å². The molecule has 0 aromatic carbocycles. The Morgan fingerprint density at radius 2 is 1.95 bits per heavy atom. The van der Waals surface area contributed by atoms with Crippen LogP contribution in [0.2, 0.25) is 0 Å². The lowest BCUT2D eigenvalue weighted by Gasteiger charge is -2.52. The highest BCUT2D eigenvalue weighted by Crippen LogP contribution is 2.63. The van der Waals surface area contributed by atoms with Crippen LogP contribution in [0.4, 0.5) is 0 Å². The molecule has 0 spiro atoms. The molecule has 0 radical (unpaired) electrons. The molecule has 5 heteroatoms. The maximum atomic E-state index is 12.4. The molecule has 1 aromatic heterocycles. The van der Waals surface area contributed by atoms with Crippen molar-refractivity contribution in [3.05, 3.63) is 33.9 Å². The van der Waals surface area contributed by atoms with E-state index in [4.69, 9.17) is 9.15 Å². The first-order chi connectivity index (χ1) is 9.88.